The summed E-state index contributed by atoms with van der Waals surface area (Å²) >= 11 is 0. The highest BCUT2D eigenvalue weighted by molar-refractivity contribution is 7.47. The fourth-order valence-electron chi connectivity index (χ4n) is 5.21. The first-order chi connectivity index (χ1) is 29.1. The van der Waals surface area contributed by atoms with Gasteiger partial charge in [0.25, 0.3) is 0 Å². The van der Waals surface area contributed by atoms with Crippen LogP contribution in [0.25, 0.3) is 0 Å². The molecule has 60 heavy (non-hydrogen) atoms. The van der Waals surface area contributed by atoms with E-state index >= 15 is 0 Å². The monoisotopic (exact) mass is 858 g/mol. The Morgan fingerprint density at radius 1 is 0.533 bits per heavy atom. The van der Waals surface area contributed by atoms with Crippen LogP contribution in [0.3, 0.4) is 0 Å². The minimum absolute atomic E-state index is 0.0852. The molecule has 0 saturated heterocycles. The van der Waals surface area contributed by atoms with Crippen molar-refractivity contribution in [2.24, 2.45) is 0 Å². The van der Waals surface area contributed by atoms with E-state index in [1.54, 1.807) is 0 Å². The summed E-state index contributed by atoms with van der Waals surface area (Å²) in [5, 5.41) is 21.8. The maximum Gasteiger partial charge on any atom is 0.472 e. The lowest BCUT2D eigenvalue weighted by molar-refractivity contribution is -0.147. The number of carbonyl (C=O) groups is 3. The molecule has 0 aromatic rings. The molecular formula is C48H76NO10P. The predicted octanol–water partition coefficient (Wildman–Crippen LogP) is 11.4. The molecule has 0 aromatic heterocycles. The Morgan fingerprint density at radius 3 is 1.38 bits per heavy atom. The Morgan fingerprint density at radius 2 is 0.917 bits per heavy atom. The molecule has 4 N–H and O–H groups in total. The first-order valence-electron chi connectivity index (χ1n) is 21.9. The van der Waals surface area contributed by atoms with E-state index < -0.39 is 57.6 Å². The average Bonchev–Trinajstić information content (AvgIpc) is 3.22. The van der Waals surface area contributed by atoms with Gasteiger partial charge < -0.3 is 25.2 Å². The second-order valence-electron chi connectivity index (χ2n) is 14.1. The number of carboxylic acids is 1. The highest BCUT2D eigenvalue weighted by Crippen LogP contribution is 2.43. The third-order valence-electron chi connectivity index (χ3n) is 8.56. The largest absolute Gasteiger partial charge is 0.480 e. The van der Waals surface area contributed by atoms with Gasteiger partial charge in [-0.2, -0.15) is 0 Å². The third kappa shape index (κ3) is 40.9. The number of amides is 1. The lowest BCUT2D eigenvalue weighted by atomic mass is 10.1. The number of allylic oxidation sites excluding steroid dienone is 18. The Kier molecular flexibility index (Phi) is 39.2. The number of phosphoric acid groups is 1. The summed E-state index contributed by atoms with van der Waals surface area (Å²) in [7, 11) is -4.78. The zero-order chi connectivity index (χ0) is 44.2. The molecule has 1 amide bonds. The summed E-state index contributed by atoms with van der Waals surface area (Å²) in [5.74, 6) is -2.47. The summed E-state index contributed by atoms with van der Waals surface area (Å²) in [6, 6.07) is -1.58. The Balaban J connectivity index is 4.00. The molecule has 0 fully saturated rings. The SMILES string of the molecule is CC/C=C\C/C=C\C/C=C\C/C=C\C/C=C\CCCCCCCC(=O)OCC(O)COP(=O)(O)OCC(NC(=O)CCCC/C=C\C/C=C\C/C=C\C/C=C\CC)C(=O)O. The number of hydrogen-bond donors (Lipinski definition) is 4. The summed E-state index contributed by atoms with van der Waals surface area (Å²) in [4.78, 5) is 45.9. The van der Waals surface area contributed by atoms with Gasteiger partial charge in [0.05, 0.1) is 13.2 Å². The van der Waals surface area contributed by atoms with Gasteiger partial charge in [0.2, 0.25) is 5.91 Å². The van der Waals surface area contributed by atoms with Crippen molar-refractivity contribution in [3.8, 4) is 0 Å². The molecule has 0 aliphatic carbocycles. The molecule has 0 heterocycles. The zero-order valence-corrected chi connectivity index (χ0v) is 37.4. The number of aliphatic carboxylic acids is 1. The molecule has 0 bridgehead atoms. The number of hydrogen-bond acceptors (Lipinski definition) is 8. The predicted molar refractivity (Wildman–Crippen MR) is 244 cm³/mol. The van der Waals surface area contributed by atoms with Crippen molar-refractivity contribution in [3.05, 3.63) is 109 Å². The van der Waals surface area contributed by atoms with Crippen LogP contribution >= 0.6 is 7.82 Å². The molecule has 0 saturated carbocycles. The van der Waals surface area contributed by atoms with Gasteiger partial charge in [-0.25, -0.2) is 9.36 Å². The zero-order valence-electron chi connectivity index (χ0n) is 36.5. The molecule has 0 radical (unpaired) electrons. The number of carboxylic acid groups (broad SMARTS) is 1. The second kappa shape index (κ2) is 41.9. The molecule has 3 atom stereocenters. The van der Waals surface area contributed by atoms with E-state index in [0.717, 1.165) is 103 Å². The van der Waals surface area contributed by atoms with Crippen LogP contribution in [0.15, 0.2) is 109 Å². The number of phosphoric ester groups is 1. The molecule has 3 unspecified atom stereocenters. The van der Waals surface area contributed by atoms with Crippen LogP contribution in [0.1, 0.15) is 142 Å². The minimum Gasteiger partial charge on any atom is -0.480 e. The van der Waals surface area contributed by atoms with Gasteiger partial charge in [-0.15, -0.1) is 0 Å². The number of rotatable bonds is 39. The number of aliphatic hydroxyl groups is 1. The normalized spacial score (nSPS) is 14.7. The first kappa shape index (κ1) is 56.1. The van der Waals surface area contributed by atoms with Gasteiger partial charge in [-0.1, -0.05) is 142 Å². The molecule has 11 nitrogen and oxygen atoms in total. The van der Waals surface area contributed by atoms with Gasteiger partial charge in [0.15, 0.2) is 6.04 Å². The van der Waals surface area contributed by atoms with Gasteiger partial charge in [0, 0.05) is 12.8 Å². The van der Waals surface area contributed by atoms with Crippen LogP contribution in [0.5, 0.6) is 0 Å². The number of carbonyl (C=O) groups excluding carboxylic acids is 2. The maximum atomic E-state index is 12.3. The van der Waals surface area contributed by atoms with E-state index in [0.29, 0.717) is 12.8 Å². The molecule has 0 aromatic carbocycles. The number of unbranched alkanes of at least 4 members (excludes halogenated alkanes) is 7. The topological polar surface area (TPSA) is 169 Å². The summed E-state index contributed by atoms with van der Waals surface area (Å²) < 4.78 is 26.8. The van der Waals surface area contributed by atoms with Crippen LogP contribution in [-0.2, 0) is 32.7 Å². The molecule has 0 spiro atoms. The van der Waals surface area contributed by atoms with Crippen LogP contribution in [-0.4, -0.2) is 64.9 Å². The quantitative estimate of drug-likeness (QED) is 0.0202. The molecule has 0 aliphatic rings. The van der Waals surface area contributed by atoms with Gasteiger partial charge >= 0.3 is 19.8 Å². The molecule has 12 heteroatoms. The highest BCUT2D eigenvalue weighted by atomic mass is 31.2. The van der Waals surface area contributed by atoms with Crippen molar-refractivity contribution in [1.82, 2.24) is 5.32 Å². The van der Waals surface area contributed by atoms with Crippen molar-refractivity contribution in [2.75, 3.05) is 19.8 Å². The first-order valence-corrected chi connectivity index (χ1v) is 23.4. The maximum absolute atomic E-state index is 12.3. The van der Waals surface area contributed by atoms with Gasteiger partial charge in [-0.05, 0) is 96.3 Å². The average molecular weight is 858 g/mol. The smallest absolute Gasteiger partial charge is 0.472 e. The Labute approximate surface area is 361 Å². The van der Waals surface area contributed by atoms with E-state index in [4.69, 9.17) is 13.8 Å². The van der Waals surface area contributed by atoms with E-state index in [2.05, 4.69) is 122 Å². The lowest BCUT2D eigenvalue weighted by Gasteiger charge is -2.18. The standard InChI is InChI=1S/C48H76NO10P/c1-3-5-7-9-11-13-15-17-19-20-21-22-23-24-26-28-30-32-34-36-38-40-47(52)57-41-44(50)42-58-60(55,56)59-43-45(48(53)54)49-46(51)39-37-35-33-31-29-27-25-18-16-14-12-10-8-6-4-2/h5-8,11-14,17-19,21-22,24-26,29,31,44-45,50H,3-4,9-10,15-16,20,23,27-28,30,32-43H2,1-2H3,(H,49,51)(H,53,54)(H,55,56)/b7-5-,8-6-,13-11-,14-12-,19-17-,22-21-,25-18-,26-24-,31-29-. The van der Waals surface area contributed by atoms with E-state index in [1.807, 2.05) is 6.08 Å². The third-order valence-corrected chi connectivity index (χ3v) is 9.51. The Hall–Kier alpha value is -3.86. The highest BCUT2D eigenvalue weighted by Gasteiger charge is 2.28. The number of nitrogens with one attached hydrogen (secondary N) is 1. The summed E-state index contributed by atoms with van der Waals surface area (Å²) in [6.45, 7) is 2.29. The second-order valence-corrected chi connectivity index (χ2v) is 15.6. The van der Waals surface area contributed by atoms with Crippen molar-refractivity contribution in [1.29, 1.82) is 0 Å². The van der Waals surface area contributed by atoms with Crippen LogP contribution in [0, 0.1) is 0 Å². The number of aliphatic hydroxyl groups excluding tert-OH is 1. The van der Waals surface area contributed by atoms with Crippen LogP contribution < -0.4 is 5.32 Å². The Bertz CT molecular complexity index is 1430. The molecule has 0 aliphatic heterocycles. The van der Waals surface area contributed by atoms with Crippen LogP contribution in [0.2, 0.25) is 0 Å². The fourth-order valence-corrected chi connectivity index (χ4v) is 5.99. The summed E-state index contributed by atoms with van der Waals surface area (Å²) in [5.41, 5.74) is 0. The summed E-state index contributed by atoms with van der Waals surface area (Å²) in [6.07, 6.45) is 54.0. The minimum atomic E-state index is -4.78. The van der Waals surface area contributed by atoms with E-state index in [-0.39, 0.29) is 12.8 Å². The van der Waals surface area contributed by atoms with E-state index in [1.165, 1.54) is 0 Å². The number of ether oxygens (including phenoxy) is 1. The van der Waals surface area contributed by atoms with Crippen LogP contribution in [0.4, 0.5) is 0 Å². The van der Waals surface area contributed by atoms with Crippen molar-refractivity contribution < 1.29 is 47.8 Å². The van der Waals surface area contributed by atoms with E-state index in [9.17, 15) is 34.1 Å². The molecule has 338 valence electrons. The molecular weight excluding hydrogens is 781 g/mol. The van der Waals surface area contributed by atoms with Crippen molar-refractivity contribution in [3.63, 3.8) is 0 Å². The number of esters is 1. The fraction of sp³-hybridized carbons (Fsp3) is 0.562. The van der Waals surface area contributed by atoms with Crippen molar-refractivity contribution in [2.45, 2.75) is 154 Å². The molecule has 0 rings (SSSR count). The van der Waals surface area contributed by atoms with Crippen molar-refractivity contribution >= 4 is 25.7 Å². The van der Waals surface area contributed by atoms with Gasteiger partial charge in [-0.3, -0.25) is 18.6 Å². The van der Waals surface area contributed by atoms with Gasteiger partial charge in [0.1, 0.15) is 12.7 Å². The lowest BCUT2D eigenvalue weighted by Crippen LogP contribution is -2.43.